The van der Waals surface area contributed by atoms with E-state index in [1.54, 1.807) is 12.5 Å². The molecule has 1 saturated heterocycles. The maximum Gasteiger partial charge on any atom is 0.164 e. The van der Waals surface area contributed by atoms with E-state index in [-0.39, 0.29) is 6.10 Å². The summed E-state index contributed by atoms with van der Waals surface area (Å²) < 4.78 is 11.7. The second-order valence-electron chi connectivity index (χ2n) is 5.85. The summed E-state index contributed by atoms with van der Waals surface area (Å²) in [5, 5.41) is 3.42. The molecule has 134 valence electrons. The van der Waals surface area contributed by atoms with Gasteiger partial charge < -0.3 is 19.7 Å². The van der Waals surface area contributed by atoms with Crippen molar-refractivity contribution in [2.75, 3.05) is 42.8 Å². The number of nitrogens with one attached hydrogen (secondary N) is 1. The standard InChI is InChI=1S/C17H20N4O2.CH4S/c1-11-16-13(3-5-18-11)20-17-15(12(2)23-16)14(4-6-19-17)21-7-9-22-10-8-21;1-2/h3-6,12H,7-10H2,1-2H3,(H,19,20);2H,1H3. The molecule has 0 radical (unpaired) electrons. The zero-order valence-electron chi connectivity index (χ0n) is 14.8. The van der Waals surface area contributed by atoms with E-state index < -0.39 is 0 Å². The molecule has 1 atom stereocenters. The lowest BCUT2D eigenvalue weighted by atomic mass is 10.1. The molecule has 1 fully saturated rings. The molecule has 1 unspecified atom stereocenters. The molecule has 4 rings (SSSR count). The number of aryl methyl sites for hydroxylation is 1. The highest BCUT2D eigenvalue weighted by Crippen LogP contribution is 2.42. The molecule has 7 heteroatoms. The van der Waals surface area contributed by atoms with Crippen LogP contribution in [0.5, 0.6) is 5.75 Å². The average Bonchev–Trinajstić information content (AvgIpc) is 2.81. The molecule has 6 nitrogen and oxygen atoms in total. The first-order valence-electron chi connectivity index (χ1n) is 8.39. The second kappa shape index (κ2) is 7.93. The summed E-state index contributed by atoms with van der Waals surface area (Å²) in [4.78, 5) is 11.2. The van der Waals surface area contributed by atoms with Gasteiger partial charge in [0.25, 0.3) is 0 Å². The van der Waals surface area contributed by atoms with Crippen LogP contribution in [0.2, 0.25) is 0 Å². The van der Waals surface area contributed by atoms with Gasteiger partial charge in [-0.3, -0.25) is 4.98 Å². The normalized spacial score (nSPS) is 18.6. The van der Waals surface area contributed by atoms with Gasteiger partial charge >= 0.3 is 0 Å². The smallest absolute Gasteiger partial charge is 0.164 e. The fraction of sp³-hybridized carbons (Fsp3) is 0.444. The average molecular weight is 360 g/mol. The highest BCUT2D eigenvalue weighted by molar-refractivity contribution is 7.79. The van der Waals surface area contributed by atoms with Gasteiger partial charge in [-0.1, -0.05) is 0 Å². The van der Waals surface area contributed by atoms with Crippen molar-refractivity contribution in [3.05, 3.63) is 35.8 Å². The Bertz CT molecular complexity index is 735. The number of hydrogen-bond donors (Lipinski definition) is 2. The first-order valence-corrected chi connectivity index (χ1v) is 9.29. The van der Waals surface area contributed by atoms with Crippen molar-refractivity contribution < 1.29 is 9.47 Å². The molecule has 0 aliphatic carbocycles. The van der Waals surface area contributed by atoms with Gasteiger partial charge in [-0.15, -0.1) is 0 Å². The largest absolute Gasteiger partial charge is 0.482 e. The highest BCUT2D eigenvalue weighted by Gasteiger charge is 2.27. The molecule has 4 heterocycles. The molecule has 1 N–H and O–H groups in total. The molecule has 0 spiro atoms. The predicted molar refractivity (Wildman–Crippen MR) is 103 cm³/mol. The van der Waals surface area contributed by atoms with Gasteiger partial charge in [-0.2, -0.15) is 12.6 Å². The van der Waals surface area contributed by atoms with E-state index in [4.69, 9.17) is 9.47 Å². The van der Waals surface area contributed by atoms with Crippen LogP contribution in [-0.4, -0.2) is 42.5 Å². The molecule has 2 aromatic rings. The topological polar surface area (TPSA) is 59.5 Å². The van der Waals surface area contributed by atoms with E-state index >= 15 is 0 Å². The van der Waals surface area contributed by atoms with Crippen molar-refractivity contribution in [1.29, 1.82) is 0 Å². The molecule has 25 heavy (non-hydrogen) atoms. The Morgan fingerprint density at radius 2 is 1.88 bits per heavy atom. The van der Waals surface area contributed by atoms with Crippen molar-refractivity contribution in [2.45, 2.75) is 20.0 Å². The summed E-state index contributed by atoms with van der Waals surface area (Å²) in [7, 11) is 0. The van der Waals surface area contributed by atoms with Crippen LogP contribution in [-0.2, 0) is 4.74 Å². The minimum atomic E-state index is -0.104. The van der Waals surface area contributed by atoms with Crippen molar-refractivity contribution in [2.24, 2.45) is 0 Å². The summed E-state index contributed by atoms with van der Waals surface area (Å²) in [6, 6.07) is 3.99. The third-order valence-corrected chi connectivity index (χ3v) is 4.36. The fourth-order valence-corrected chi connectivity index (χ4v) is 3.21. The number of fused-ring (bicyclic) bond motifs is 2. The molecule has 0 saturated carbocycles. The Labute approximate surface area is 154 Å². The van der Waals surface area contributed by atoms with Crippen LogP contribution in [0.3, 0.4) is 0 Å². The van der Waals surface area contributed by atoms with Crippen LogP contribution in [0.25, 0.3) is 0 Å². The Balaban J connectivity index is 0.000000880. The van der Waals surface area contributed by atoms with Crippen LogP contribution in [0.4, 0.5) is 17.2 Å². The Morgan fingerprint density at radius 3 is 2.64 bits per heavy atom. The van der Waals surface area contributed by atoms with Crippen molar-refractivity contribution in [3.8, 4) is 5.75 Å². The van der Waals surface area contributed by atoms with Gasteiger partial charge in [0.1, 0.15) is 11.9 Å². The van der Waals surface area contributed by atoms with Gasteiger partial charge in [0.2, 0.25) is 0 Å². The third-order valence-electron chi connectivity index (χ3n) is 4.36. The van der Waals surface area contributed by atoms with E-state index in [0.29, 0.717) is 0 Å². The number of rotatable bonds is 1. The third kappa shape index (κ3) is 3.52. The maximum atomic E-state index is 6.22. The van der Waals surface area contributed by atoms with Gasteiger partial charge in [0, 0.05) is 31.2 Å². The van der Waals surface area contributed by atoms with Crippen LogP contribution in [0.15, 0.2) is 24.5 Å². The Hall–Kier alpha value is -1.99. The number of pyridine rings is 2. The number of hydrogen-bond acceptors (Lipinski definition) is 7. The lowest BCUT2D eigenvalue weighted by Gasteiger charge is -2.31. The van der Waals surface area contributed by atoms with E-state index in [0.717, 1.165) is 60.5 Å². The quantitative estimate of drug-likeness (QED) is 0.761. The monoisotopic (exact) mass is 360 g/mol. The van der Waals surface area contributed by atoms with E-state index in [9.17, 15) is 0 Å². The van der Waals surface area contributed by atoms with E-state index in [2.05, 4.69) is 45.8 Å². The number of thiol groups is 1. The maximum absolute atomic E-state index is 6.22. The molecule has 2 aromatic heterocycles. The molecule has 0 aromatic carbocycles. The number of aromatic nitrogens is 2. The van der Waals surface area contributed by atoms with Gasteiger partial charge in [0.05, 0.1) is 30.2 Å². The molecule has 0 amide bonds. The van der Waals surface area contributed by atoms with Gasteiger partial charge in [-0.25, -0.2) is 4.98 Å². The number of nitrogens with zero attached hydrogens (tertiary/aromatic N) is 3. The summed E-state index contributed by atoms with van der Waals surface area (Å²) in [6.45, 7) is 7.30. The minimum absolute atomic E-state index is 0.104. The van der Waals surface area contributed by atoms with E-state index in [1.807, 2.05) is 19.2 Å². The fourth-order valence-electron chi connectivity index (χ4n) is 3.21. The number of ether oxygens (including phenoxy) is 2. The summed E-state index contributed by atoms with van der Waals surface area (Å²) in [5.74, 6) is 1.65. The van der Waals surface area contributed by atoms with Crippen LogP contribution >= 0.6 is 12.6 Å². The first kappa shape index (κ1) is 17.8. The first-order chi connectivity index (χ1) is 12.2. The summed E-state index contributed by atoms with van der Waals surface area (Å²) >= 11 is 3.53. The molecule has 2 aliphatic heterocycles. The molecule has 0 bridgehead atoms. The van der Waals surface area contributed by atoms with E-state index in [1.165, 1.54) is 0 Å². The SMILES string of the molecule is CS.Cc1nccc2c1OC(C)c1c(N3CCOCC3)ccnc1N2. The van der Waals surface area contributed by atoms with Crippen LogP contribution < -0.4 is 15.0 Å². The van der Waals surface area contributed by atoms with Gasteiger partial charge in [-0.05, 0) is 32.2 Å². The Kier molecular flexibility index (Phi) is 5.65. The predicted octanol–water partition coefficient (Wildman–Crippen LogP) is 3.36. The summed E-state index contributed by atoms with van der Waals surface area (Å²) in [6.07, 6.45) is 5.22. The number of anilines is 3. The van der Waals surface area contributed by atoms with Crippen LogP contribution in [0, 0.1) is 6.92 Å². The van der Waals surface area contributed by atoms with Gasteiger partial charge in [0.15, 0.2) is 5.75 Å². The zero-order valence-corrected chi connectivity index (χ0v) is 15.7. The lowest BCUT2D eigenvalue weighted by Crippen LogP contribution is -2.37. The second-order valence-corrected chi connectivity index (χ2v) is 5.85. The van der Waals surface area contributed by atoms with Crippen LogP contribution in [0.1, 0.15) is 24.3 Å². The van der Waals surface area contributed by atoms with Crippen molar-refractivity contribution in [3.63, 3.8) is 0 Å². The summed E-state index contributed by atoms with van der Waals surface area (Å²) in [5.41, 5.74) is 4.04. The highest BCUT2D eigenvalue weighted by atomic mass is 32.1. The van der Waals surface area contributed by atoms with Crippen molar-refractivity contribution in [1.82, 2.24) is 9.97 Å². The minimum Gasteiger partial charge on any atom is -0.482 e. The van der Waals surface area contributed by atoms with Crippen molar-refractivity contribution >= 4 is 29.8 Å². The Morgan fingerprint density at radius 1 is 1.16 bits per heavy atom. The molecular formula is C18H24N4O2S. The molecular weight excluding hydrogens is 336 g/mol. The lowest BCUT2D eigenvalue weighted by molar-refractivity contribution is 0.122. The number of morpholine rings is 1. The zero-order chi connectivity index (χ0) is 17.8. The molecule has 2 aliphatic rings.